The topological polar surface area (TPSA) is 113 Å². The first-order chi connectivity index (χ1) is 20.1. The Morgan fingerprint density at radius 2 is 1.79 bits per heavy atom. The third-order valence-corrected chi connectivity index (χ3v) is 8.88. The van der Waals surface area contributed by atoms with E-state index >= 15 is 0 Å². The van der Waals surface area contributed by atoms with Gasteiger partial charge in [0.1, 0.15) is 39.1 Å². The SMILES string of the molecule is Cc1ccccc1Oc1ccccc1N1C(=O)Nc2c[s+](C(=O)N3CCC[C@H]3NC(=O)OC(C)(C)C)c3nccc1c23. The predicted octanol–water partition coefficient (Wildman–Crippen LogP) is 7.68. The number of nitrogens with zero attached hydrogens (tertiary/aromatic N) is 3. The van der Waals surface area contributed by atoms with Crippen LogP contribution in [0.3, 0.4) is 0 Å². The Labute approximate surface area is 246 Å². The van der Waals surface area contributed by atoms with Gasteiger partial charge in [-0.15, -0.1) is 0 Å². The molecule has 0 spiro atoms. The number of amides is 4. The number of thiophene rings is 1. The van der Waals surface area contributed by atoms with Gasteiger partial charge in [0.15, 0.2) is 11.1 Å². The lowest BCUT2D eigenvalue weighted by Crippen LogP contribution is -2.47. The van der Waals surface area contributed by atoms with E-state index < -0.39 is 28.3 Å². The van der Waals surface area contributed by atoms with E-state index in [1.165, 1.54) is 0 Å². The Morgan fingerprint density at radius 1 is 1.05 bits per heavy atom. The Kier molecular flexibility index (Phi) is 6.97. The lowest BCUT2D eigenvalue weighted by molar-refractivity contribution is 0.0470. The van der Waals surface area contributed by atoms with E-state index in [0.717, 1.165) is 12.0 Å². The van der Waals surface area contributed by atoms with Crippen LogP contribution in [-0.4, -0.2) is 45.6 Å². The average Bonchev–Trinajstić information content (AvgIpc) is 3.55. The second-order valence-corrected chi connectivity index (χ2v) is 12.9. The molecule has 1 saturated heterocycles. The largest absolute Gasteiger partial charge is 0.462 e. The lowest BCUT2D eigenvalue weighted by Gasteiger charge is -2.28. The molecular weight excluding hydrogens is 554 g/mol. The summed E-state index contributed by atoms with van der Waals surface area (Å²) >= 11 is 0. The maximum atomic E-state index is 13.9. The molecule has 2 aliphatic heterocycles. The van der Waals surface area contributed by atoms with E-state index in [0.29, 0.717) is 51.7 Å². The number of hydrogen-bond donors (Lipinski definition) is 2. The van der Waals surface area contributed by atoms with Crippen LogP contribution in [0.1, 0.15) is 39.2 Å². The van der Waals surface area contributed by atoms with Gasteiger partial charge in [-0.05, 0) is 70.4 Å². The van der Waals surface area contributed by atoms with Crippen LogP contribution in [0.4, 0.5) is 31.4 Å². The number of carbonyl (C=O) groups is 3. The fourth-order valence-electron chi connectivity index (χ4n) is 5.24. The van der Waals surface area contributed by atoms with Crippen molar-refractivity contribution in [2.24, 2.45) is 0 Å². The van der Waals surface area contributed by atoms with Crippen LogP contribution in [0.5, 0.6) is 11.5 Å². The first-order valence-electron chi connectivity index (χ1n) is 13.8. The highest BCUT2D eigenvalue weighted by atomic mass is 32.2. The third-order valence-electron chi connectivity index (χ3n) is 7.07. The third kappa shape index (κ3) is 5.11. The van der Waals surface area contributed by atoms with Gasteiger partial charge in [-0.25, -0.2) is 19.4 Å². The number of aromatic nitrogens is 1. The first kappa shape index (κ1) is 27.5. The molecule has 4 heterocycles. The molecule has 0 saturated carbocycles. The van der Waals surface area contributed by atoms with Crippen molar-refractivity contribution < 1.29 is 23.9 Å². The fourth-order valence-corrected chi connectivity index (χ4v) is 7.11. The summed E-state index contributed by atoms with van der Waals surface area (Å²) in [6, 6.07) is 16.4. The number of alkyl carbamates (subject to hydrolysis) is 1. The molecule has 4 aromatic rings. The number of urea groups is 1. The van der Waals surface area contributed by atoms with Gasteiger partial charge < -0.3 is 20.1 Å². The number of hydrogen-bond acceptors (Lipinski definition) is 6. The van der Waals surface area contributed by atoms with E-state index in [4.69, 9.17) is 9.47 Å². The van der Waals surface area contributed by atoms with Crippen molar-refractivity contribution in [1.82, 2.24) is 15.2 Å². The lowest BCUT2D eigenvalue weighted by atomic mass is 10.1. The van der Waals surface area contributed by atoms with Gasteiger partial charge in [0.2, 0.25) is 0 Å². The average molecular weight is 587 g/mol. The van der Waals surface area contributed by atoms with E-state index in [9.17, 15) is 14.4 Å². The molecule has 0 radical (unpaired) electrons. The maximum absolute atomic E-state index is 13.9. The number of para-hydroxylation sites is 3. The molecule has 1 unspecified atom stereocenters. The zero-order chi connectivity index (χ0) is 29.6. The van der Waals surface area contributed by atoms with Crippen LogP contribution in [-0.2, 0) is 4.74 Å². The minimum atomic E-state index is -1.07. The van der Waals surface area contributed by atoms with Gasteiger partial charge in [0, 0.05) is 12.7 Å². The number of aryl methyl sites for hydroxylation is 1. The zero-order valence-electron chi connectivity index (χ0n) is 23.8. The number of anilines is 3. The first-order valence-corrected chi connectivity index (χ1v) is 15.1. The smallest absolute Gasteiger partial charge is 0.455 e. The van der Waals surface area contributed by atoms with Crippen LogP contribution >= 0.6 is 10.5 Å². The molecule has 42 heavy (non-hydrogen) atoms. The highest BCUT2D eigenvalue weighted by molar-refractivity contribution is 7.54. The van der Waals surface area contributed by atoms with E-state index in [-0.39, 0.29) is 11.3 Å². The molecule has 0 aliphatic carbocycles. The number of carbonyl (C=O) groups excluding carboxylic acids is 3. The molecule has 2 aromatic carbocycles. The van der Waals surface area contributed by atoms with Crippen molar-refractivity contribution in [3.63, 3.8) is 0 Å². The zero-order valence-corrected chi connectivity index (χ0v) is 24.7. The summed E-state index contributed by atoms with van der Waals surface area (Å²) in [6.45, 7) is 7.85. The van der Waals surface area contributed by atoms with Gasteiger partial charge in [0.05, 0.1) is 11.4 Å². The number of ether oxygens (including phenoxy) is 2. The minimum Gasteiger partial charge on any atom is -0.455 e. The van der Waals surface area contributed by atoms with Crippen LogP contribution in [0.15, 0.2) is 66.2 Å². The number of rotatable bonds is 5. The molecule has 2 N–H and O–H groups in total. The van der Waals surface area contributed by atoms with Crippen molar-refractivity contribution in [2.45, 2.75) is 52.3 Å². The summed E-state index contributed by atoms with van der Waals surface area (Å²) in [5, 5.41) is 8.13. The molecule has 1 fully saturated rings. The molecule has 2 aliphatic rings. The molecule has 0 bridgehead atoms. The second kappa shape index (κ2) is 10.6. The standard InChI is InChI=1S/C31H31N5O5S/c1-19-10-5-7-12-23(19)40-24-13-8-6-11-21(24)36-22-15-16-32-27-26(22)20(33-28(36)37)18-42(27)30(39)35-17-9-14-25(35)34-29(38)41-31(2,3)4/h5-8,10-13,15-16,18,25H,9,14,17H2,1-4H3,(H-,33,34,37,38)/p+1/t25-,42?/m0/s1. The van der Waals surface area contributed by atoms with E-state index in [1.807, 2.05) is 55.5 Å². The second-order valence-electron chi connectivity index (χ2n) is 11.2. The summed E-state index contributed by atoms with van der Waals surface area (Å²) < 4.78 is 11.7. The Bertz CT molecular complexity index is 1710. The van der Waals surface area contributed by atoms with Gasteiger partial charge in [-0.2, -0.15) is 0 Å². The van der Waals surface area contributed by atoms with Crippen molar-refractivity contribution in [3.05, 3.63) is 71.7 Å². The molecule has 11 heteroatoms. The van der Waals surface area contributed by atoms with Crippen molar-refractivity contribution in [3.8, 4) is 11.5 Å². The minimum absolute atomic E-state index is 0.166. The monoisotopic (exact) mass is 586 g/mol. The van der Waals surface area contributed by atoms with Crippen molar-refractivity contribution >= 4 is 55.1 Å². The summed E-state index contributed by atoms with van der Waals surface area (Å²) in [7, 11) is -1.07. The molecule has 2 aromatic heterocycles. The quantitative estimate of drug-likeness (QED) is 0.232. The van der Waals surface area contributed by atoms with E-state index in [1.54, 1.807) is 48.2 Å². The Morgan fingerprint density at radius 3 is 2.55 bits per heavy atom. The summed E-state index contributed by atoms with van der Waals surface area (Å²) in [5.74, 6) is 1.20. The van der Waals surface area contributed by atoms with Gasteiger partial charge in [0.25, 0.3) is 4.83 Å². The summed E-state index contributed by atoms with van der Waals surface area (Å²) in [5.41, 5.74) is 2.05. The highest BCUT2D eigenvalue weighted by Crippen LogP contribution is 2.49. The molecule has 6 rings (SSSR count). The van der Waals surface area contributed by atoms with Gasteiger partial charge >= 0.3 is 17.4 Å². The molecular formula is C31H32N5O5S+. The number of likely N-dealkylation sites (tertiary alicyclic amines) is 1. The van der Waals surface area contributed by atoms with Crippen LogP contribution in [0, 0.1) is 6.92 Å². The van der Waals surface area contributed by atoms with E-state index in [2.05, 4.69) is 15.6 Å². The molecule has 216 valence electrons. The fraction of sp³-hybridized carbons (Fsp3) is 0.290. The van der Waals surface area contributed by atoms with Gasteiger partial charge in [-0.1, -0.05) is 30.3 Å². The molecule has 10 nitrogen and oxygen atoms in total. The normalized spacial score (nSPS) is 16.8. The maximum Gasteiger partial charge on any atom is 0.462 e. The van der Waals surface area contributed by atoms with Crippen molar-refractivity contribution in [2.75, 3.05) is 16.8 Å². The Balaban J connectivity index is 1.35. The predicted molar refractivity (Wildman–Crippen MR) is 163 cm³/mol. The van der Waals surface area contributed by atoms with Crippen LogP contribution in [0.25, 0.3) is 10.2 Å². The van der Waals surface area contributed by atoms with Crippen LogP contribution < -0.4 is 20.3 Å². The van der Waals surface area contributed by atoms with Gasteiger partial charge in [-0.3, -0.25) is 9.80 Å². The Hall–Kier alpha value is -4.64. The summed E-state index contributed by atoms with van der Waals surface area (Å²) in [4.78, 5) is 48.4. The number of pyridine rings is 1. The highest BCUT2D eigenvalue weighted by Gasteiger charge is 2.42. The van der Waals surface area contributed by atoms with Crippen molar-refractivity contribution in [1.29, 1.82) is 0 Å². The molecule has 4 amide bonds. The molecule has 2 atom stereocenters. The number of benzene rings is 2. The summed E-state index contributed by atoms with van der Waals surface area (Å²) in [6.07, 6.45) is 1.95. The van der Waals surface area contributed by atoms with Crippen LogP contribution in [0.2, 0.25) is 0 Å². The number of nitrogens with one attached hydrogen (secondary N) is 2.